The van der Waals surface area contributed by atoms with Gasteiger partial charge in [-0.3, -0.25) is 9.10 Å². The van der Waals surface area contributed by atoms with Crippen LogP contribution in [0.5, 0.6) is 0 Å². The predicted octanol–water partition coefficient (Wildman–Crippen LogP) is 5.32. The fourth-order valence-electron chi connectivity index (χ4n) is 2.74. The van der Waals surface area contributed by atoms with Gasteiger partial charge in [-0.15, -0.1) is 10.2 Å². The topological polar surface area (TPSA) is 92.3 Å². The fourth-order valence-corrected chi connectivity index (χ4v) is 5.87. The molecule has 1 N–H and O–H groups in total. The molecule has 1 aromatic heterocycles. The van der Waals surface area contributed by atoms with Crippen LogP contribution in [0.25, 0.3) is 0 Å². The maximum Gasteiger partial charge on any atom is 0.232 e. The van der Waals surface area contributed by atoms with Crippen LogP contribution < -0.4 is 9.62 Å². The molecule has 3 rings (SSSR count). The molecule has 0 spiro atoms. The van der Waals surface area contributed by atoms with Gasteiger partial charge in [-0.1, -0.05) is 76.6 Å². The van der Waals surface area contributed by atoms with Gasteiger partial charge in [0, 0.05) is 23.7 Å². The summed E-state index contributed by atoms with van der Waals surface area (Å²) in [5.74, 6) is 0.489. The molecule has 0 bridgehead atoms. The summed E-state index contributed by atoms with van der Waals surface area (Å²) in [6.07, 6.45) is 1.48. The van der Waals surface area contributed by atoms with Gasteiger partial charge in [0.2, 0.25) is 21.1 Å². The Hall–Kier alpha value is -1.85. The Morgan fingerprint density at radius 3 is 2.62 bits per heavy atom. The second-order valence-corrected chi connectivity index (χ2v) is 11.7. The number of carbonyl (C=O) groups excluding carboxylic acids is 1. The minimum absolute atomic E-state index is 0.0839. The molecule has 0 atom stereocenters. The van der Waals surface area contributed by atoms with Gasteiger partial charge in [0.1, 0.15) is 0 Å². The van der Waals surface area contributed by atoms with Crippen molar-refractivity contribution in [3.05, 3.63) is 64.1 Å². The highest BCUT2D eigenvalue weighted by Crippen LogP contribution is 2.31. The number of rotatable bonds is 10. The zero-order valence-electron chi connectivity index (χ0n) is 17.0. The minimum atomic E-state index is -3.60. The molecule has 7 nitrogen and oxygen atoms in total. The van der Waals surface area contributed by atoms with Crippen molar-refractivity contribution in [2.45, 2.75) is 22.9 Å². The van der Waals surface area contributed by atoms with Crippen molar-refractivity contribution in [1.29, 1.82) is 0 Å². The van der Waals surface area contributed by atoms with Gasteiger partial charge < -0.3 is 5.32 Å². The molecule has 1 heterocycles. The van der Waals surface area contributed by atoms with Gasteiger partial charge in [-0.05, 0) is 30.2 Å². The monoisotopic (exact) mass is 530 g/mol. The van der Waals surface area contributed by atoms with Crippen LogP contribution in [-0.4, -0.2) is 37.3 Å². The van der Waals surface area contributed by atoms with Crippen LogP contribution in [0.3, 0.4) is 0 Å². The lowest BCUT2D eigenvalue weighted by atomic mass is 10.2. The number of aromatic nitrogens is 2. The van der Waals surface area contributed by atoms with Crippen molar-refractivity contribution in [3.63, 3.8) is 0 Å². The molecule has 3 aromatic rings. The second-order valence-electron chi connectivity index (χ2n) is 6.73. The summed E-state index contributed by atoms with van der Waals surface area (Å²) >= 11 is 15.0. The van der Waals surface area contributed by atoms with E-state index in [0.29, 0.717) is 10.2 Å². The summed E-state index contributed by atoms with van der Waals surface area (Å²) in [7, 11) is -3.60. The summed E-state index contributed by atoms with van der Waals surface area (Å²) in [6.45, 7) is 0.0839. The van der Waals surface area contributed by atoms with E-state index in [9.17, 15) is 13.2 Å². The molecular formula is C20H20Cl2N4O3S3. The lowest BCUT2D eigenvalue weighted by Crippen LogP contribution is -2.31. The third-order valence-corrected chi connectivity index (χ3v) is 7.98. The first kappa shape index (κ1) is 24.8. The Morgan fingerprint density at radius 2 is 1.91 bits per heavy atom. The molecule has 0 aliphatic rings. The van der Waals surface area contributed by atoms with E-state index < -0.39 is 10.0 Å². The van der Waals surface area contributed by atoms with Crippen molar-refractivity contribution in [2.75, 3.05) is 22.4 Å². The van der Waals surface area contributed by atoms with E-state index in [1.54, 1.807) is 17.8 Å². The van der Waals surface area contributed by atoms with Crippen molar-refractivity contribution in [1.82, 2.24) is 10.2 Å². The molecule has 0 saturated heterocycles. The molecule has 32 heavy (non-hydrogen) atoms. The standard InChI is InChI=1S/C20H20Cl2N4O3S3/c1-32(28,29)26(17-12-15(21)9-10-16(17)22)11-5-8-18(27)23-19-24-25-20(31-19)30-13-14-6-3-2-4-7-14/h2-4,6-7,9-10,12H,5,8,11,13H2,1H3,(H,23,24,27). The first-order chi connectivity index (χ1) is 15.2. The summed E-state index contributed by atoms with van der Waals surface area (Å²) in [4.78, 5) is 12.3. The molecule has 0 saturated carbocycles. The van der Waals surface area contributed by atoms with Crippen molar-refractivity contribution >= 4 is 73.0 Å². The number of carbonyl (C=O) groups is 1. The summed E-state index contributed by atoms with van der Waals surface area (Å²) in [5, 5.41) is 11.8. The number of thioether (sulfide) groups is 1. The van der Waals surface area contributed by atoms with E-state index in [0.717, 1.165) is 20.7 Å². The van der Waals surface area contributed by atoms with Crippen LogP contribution in [0, 0.1) is 0 Å². The maximum absolute atomic E-state index is 12.3. The van der Waals surface area contributed by atoms with Crippen LogP contribution in [-0.2, 0) is 20.6 Å². The maximum atomic E-state index is 12.3. The number of benzene rings is 2. The van der Waals surface area contributed by atoms with Gasteiger partial charge in [0.15, 0.2) is 4.34 Å². The molecule has 0 radical (unpaired) electrons. The first-order valence-corrected chi connectivity index (χ1v) is 13.9. The zero-order valence-corrected chi connectivity index (χ0v) is 21.0. The number of amides is 1. The quantitative estimate of drug-likeness (QED) is 0.281. The average Bonchev–Trinajstić information content (AvgIpc) is 3.19. The summed E-state index contributed by atoms with van der Waals surface area (Å²) < 4.78 is 26.4. The smallest absolute Gasteiger partial charge is 0.232 e. The van der Waals surface area contributed by atoms with Gasteiger partial charge in [0.25, 0.3) is 0 Å². The van der Waals surface area contributed by atoms with Crippen molar-refractivity contribution in [2.24, 2.45) is 0 Å². The van der Waals surface area contributed by atoms with Crippen LogP contribution in [0.4, 0.5) is 10.8 Å². The van der Waals surface area contributed by atoms with E-state index in [-0.39, 0.29) is 36.0 Å². The molecule has 0 fully saturated rings. The largest absolute Gasteiger partial charge is 0.301 e. The Labute approximate surface area is 205 Å². The predicted molar refractivity (Wildman–Crippen MR) is 132 cm³/mol. The van der Waals surface area contributed by atoms with E-state index >= 15 is 0 Å². The molecule has 0 aliphatic heterocycles. The lowest BCUT2D eigenvalue weighted by Gasteiger charge is -2.23. The second kappa shape index (κ2) is 11.3. The van der Waals surface area contributed by atoms with Crippen molar-refractivity contribution in [3.8, 4) is 0 Å². The van der Waals surface area contributed by atoms with E-state index in [1.165, 1.54) is 29.0 Å². The molecule has 2 aromatic carbocycles. The Kier molecular flexibility index (Phi) is 8.78. The first-order valence-electron chi connectivity index (χ1n) is 9.45. The third kappa shape index (κ3) is 7.35. The Balaban J connectivity index is 1.52. The Bertz CT molecular complexity index is 1170. The van der Waals surface area contributed by atoms with Gasteiger partial charge >= 0.3 is 0 Å². The van der Waals surface area contributed by atoms with Crippen LogP contribution >= 0.6 is 46.3 Å². The highest BCUT2D eigenvalue weighted by molar-refractivity contribution is 8.00. The normalized spacial score (nSPS) is 11.3. The average molecular weight is 532 g/mol. The van der Waals surface area contributed by atoms with Crippen LogP contribution in [0.2, 0.25) is 10.0 Å². The van der Waals surface area contributed by atoms with Gasteiger partial charge in [0.05, 0.1) is 17.0 Å². The highest BCUT2D eigenvalue weighted by atomic mass is 35.5. The fraction of sp³-hybridized carbons (Fsp3) is 0.250. The SMILES string of the molecule is CS(=O)(=O)N(CCCC(=O)Nc1nnc(SCc2ccccc2)s1)c1cc(Cl)ccc1Cl. The number of hydrogen-bond donors (Lipinski definition) is 1. The number of sulfonamides is 1. The Morgan fingerprint density at radius 1 is 1.16 bits per heavy atom. The number of halogens is 2. The molecular weight excluding hydrogens is 511 g/mol. The number of nitrogens with one attached hydrogen (secondary N) is 1. The summed E-state index contributed by atoms with van der Waals surface area (Å²) in [6, 6.07) is 14.6. The van der Waals surface area contributed by atoms with Crippen LogP contribution in [0.1, 0.15) is 18.4 Å². The molecule has 0 aliphatic carbocycles. The highest BCUT2D eigenvalue weighted by Gasteiger charge is 2.20. The van der Waals surface area contributed by atoms with Gasteiger partial charge in [-0.2, -0.15) is 0 Å². The lowest BCUT2D eigenvalue weighted by molar-refractivity contribution is -0.116. The van der Waals surface area contributed by atoms with Crippen LogP contribution in [0.15, 0.2) is 52.9 Å². The third-order valence-electron chi connectivity index (χ3n) is 4.20. The van der Waals surface area contributed by atoms with Crippen molar-refractivity contribution < 1.29 is 13.2 Å². The number of anilines is 2. The molecule has 0 unspecified atom stereocenters. The van der Waals surface area contributed by atoms with E-state index in [4.69, 9.17) is 23.2 Å². The molecule has 1 amide bonds. The molecule has 170 valence electrons. The summed E-state index contributed by atoms with van der Waals surface area (Å²) in [5.41, 5.74) is 1.46. The number of nitrogens with zero attached hydrogens (tertiary/aromatic N) is 3. The number of hydrogen-bond acceptors (Lipinski definition) is 7. The zero-order chi connectivity index (χ0) is 23.1. The van der Waals surface area contributed by atoms with E-state index in [1.807, 2.05) is 30.3 Å². The van der Waals surface area contributed by atoms with Gasteiger partial charge in [-0.25, -0.2) is 8.42 Å². The molecule has 12 heteroatoms. The minimum Gasteiger partial charge on any atom is -0.301 e. The van der Waals surface area contributed by atoms with E-state index in [2.05, 4.69) is 15.5 Å².